The summed E-state index contributed by atoms with van der Waals surface area (Å²) < 4.78 is 11.3. The summed E-state index contributed by atoms with van der Waals surface area (Å²) in [6.07, 6.45) is 4.03. The summed E-state index contributed by atoms with van der Waals surface area (Å²) in [5.41, 5.74) is 0. The topological polar surface area (TPSA) is 58.9 Å². The highest BCUT2D eigenvalue weighted by Gasteiger charge is 2.36. The first-order valence-electron chi connectivity index (χ1n) is 5.36. The van der Waals surface area contributed by atoms with Crippen molar-refractivity contribution in [2.24, 2.45) is 0 Å². The molecule has 2 rings (SSSR count). The lowest BCUT2D eigenvalue weighted by molar-refractivity contribution is -0.0813. The van der Waals surface area contributed by atoms with Crippen LogP contribution in [0.2, 0.25) is 0 Å². The Morgan fingerprint density at radius 3 is 1.50 bits per heavy atom. The Morgan fingerprint density at radius 1 is 0.786 bits per heavy atom. The molecule has 4 heteroatoms. The molecule has 0 aromatic rings. The molecule has 2 heterocycles. The van der Waals surface area contributed by atoms with Crippen molar-refractivity contribution in [2.75, 3.05) is 13.2 Å². The van der Waals surface area contributed by atoms with Crippen LogP contribution in [0.15, 0.2) is 0 Å². The second kappa shape index (κ2) is 4.57. The van der Waals surface area contributed by atoms with Crippen LogP contribution in [0, 0.1) is 0 Å². The molecular weight excluding hydrogens is 184 g/mol. The van der Waals surface area contributed by atoms with Gasteiger partial charge in [-0.15, -0.1) is 0 Å². The van der Waals surface area contributed by atoms with Gasteiger partial charge >= 0.3 is 0 Å². The van der Waals surface area contributed by atoms with Crippen LogP contribution in [-0.4, -0.2) is 47.8 Å². The van der Waals surface area contributed by atoms with E-state index in [1.165, 1.54) is 0 Å². The predicted octanol–water partition coefficient (Wildman–Crippen LogP) is 0.0662. The molecule has 2 aliphatic heterocycles. The van der Waals surface area contributed by atoms with Gasteiger partial charge < -0.3 is 19.7 Å². The quantitative estimate of drug-likeness (QED) is 0.679. The first kappa shape index (κ1) is 10.4. The Morgan fingerprint density at radius 2 is 1.21 bits per heavy atom. The molecule has 82 valence electrons. The van der Waals surface area contributed by atoms with Gasteiger partial charge in [-0.1, -0.05) is 0 Å². The molecule has 0 aromatic carbocycles. The SMILES string of the molecule is OC[C@H]1CC[C@@H]([C@@H]2CC[C@H](CO)O2)O1. The highest BCUT2D eigenvalue weighted by molar-refractivity contribution is 4.84. The van der Waals surface area contributed by atoms with Crippen molar-refractivity contribution in [3.63, 3.8) is 0 Å². The van der Waals surface area contributed by atoms with Crippen LogP contribution in [0.5, 0.6) is 0 Å². The second-order valence-corrected chi connectivity index (χ2v) is 4.11. The number of ether oxygens (including phenoxy) is 2. The first-order chi connectivity index (χ1) is 6.83. The lowest BCUT2D eigenvalue weighted by Gasteiger charge is -2.19. The second-order valence-electron chi connectivity index (χ2n) is 4.11. The van der Waals surface area contributed by atoms with Crippen molar-refractivity contribution in [1.82, 2.24) is 0 Å². The van der Waals surface area contributed by atoms with Gasteiger partial charge in [0.2, 0.25) is 0 Å². The minimum Gasteiger partial charge on any atom is -0.394 e. The average Bonchev–Trinajstić information content (AvgIpc) is 2.86. The van der Waals surface area contributed by atoms with Crippen LogP contribution in [0.4, 0.5) is 0 Å². The normalized spacial score (nSPS) is 43.3. The van der Waals surface area contributed by atoms with Crippen LogP contribution >= 0.6 is 0 Å². The average molecular weight is 202 g/mol. The van der Waals surface area contributed by atoms with Crippen LogP contribution in [0.3, 0.4) is 0 Å². The largest absolute Gasteiger partial charge is 0.394 e. The molecule has 0 unspecified atom stereocenters. The zero-order chi connectivity index (χ0) is 9.97. The summed E-state index contributed by atoms with van der Waals surface area (Å²) in [5, 5.41) is 17.8. The van der Waals surface area contributed by atoms with Gasteiger partial charge in [-0.05, 0) is 25.7 Å². The molecule has 2 fully saturated rings. The predicted molar refractivity (Wildman–Crippen MR) is 50.0 cm³/mol. The number of aliphatic hydroxyl groups excluding tert-OH is 2. The van der Waals surface area contributed by atoms with Crippen molar-refractivity contribution >= 4 is 0 Å². The number of aliphatic hydroxyl groups is 2. The van der Waals surface area contributed by atoms with E-state index < -0.39 is 0 Å². The van der Waals surface area contributed by atoms with Crippen LogP contribution in [0.1, 0.15) is 25.7 Å². The van der Waals surface area contributed by atoms with Crippen molar-refractivity contribution in [2.45, 2.75) is 50.1 Å². The van der Waals surface area contributed by atoms with E-state index in [1.54, 1.807) is 0 Å². The van der Waals surface area contributed by atoms with E-state index in [0.29, 0.717) is 0 Å². The Labute approximate surface area is 83.8 Å². The fourth-order valence-electron chi connectivity index (χ4n) is 2.28. The Balaban J connectivity index is 1.80. The molecule has 4 atom stereocenters. The molecule has 0 bridgehead atoms. The van der Waals surface area contributed by atoms with Crippen molar-refractivity contribution < 1.29 is 19.7 Å². The van der Waals surface area contributed by atoms with E-state index in [4.69, 9.17) is 19.7 Å². The van der Waals surface area contributed by atoms with Gasteiger partial charge in [0.1, 0.15) is 0 Å². The maximum absolute atomic E-state index is 8.92. The molecule has 0 aromatic heterocycles. The first-order valence-corrected chi connectivity index (χ1v) is 5.36. The monoisotopic (exact) mass is 202 g/mol. The number of hydrogen-bond acceptors (Lipinski definition) is 4. The molecule has 2 aliphatic rings. The highest BCUT2D eigenvalue weighted by Crippen LogP contribution is 2.30. The Kier molecular flexibility index (Phi) is 3.38. The molecule has 2 saturated heterocycles. The summed E-state index contributed by atoms with van der Waals surface area (Å²) in [4.78, 5) is 0. The Hall–Kier alpha value is -0.160. The van der Waals surface area contributed by atoms with Crippen molar-refractivity contribution in [1.29, 1.82) is 0 Å². The highest BCUT2D eigenvalue weighted by atomic mass is 16.6. The fraction of sp³-hybridized carbons (Fsp3) is 1.00. The van der Waals surface area contributed by atoms with Gasteiger partial charge in [0.25, 0.3) is 0 Å². The smallest absolute Gasteiger partial charge is 0.0842 e. The molecule has 0 spiro atoms. The maximum atomic E-state index is 8.92. The van der Waals surface area contributed by atoms with E-state index in [9.17, 15) is 0 Å². The Bertz CT molecular complexity index is 165. The third kappa shape index (κ3) is 2.08. The zero-order valence-electron chi connectivity index (χ0n) is 8.26. The van der Waals surface area contributed by atoms with Gasteiger partial charge in [0.15, 0.2) is 0 Å². The van der Waals surface area contributed by atoms with Gasteiger partial charge in [0.05, 0.1) is 37.6 Å². The van der Waals surface area contributed by atoms with E-state index in [-0.39, 0.29) is 37.6 Å². The van der Waals surface area contributed by atoms with Gasteiger partial charge in [-0.25, -0.2) is 0 Å². The molecule has 0 saturated carbocycles. The molecule has 0 radical (unpaired) electrons. The third-order valence-corrected chi connectivity index (χ3v) is 3.10. The van der Waals surface area contributed by atoms with Crippen LogP contribution in [0.25, 0.3) is 0 Å². The van der Waals surface area contributed by atoms with Crippen LogP contribution in [-0.2, 0) is 9.47 Å². The summed E-state index contributed by atoms with van der Waals surface area (Å²) in [6, 6.07) is 0. The zero-order valence-corrected chi connectivity index (χ0v) is 8.26. The molecule has 4 nitrogen and oxygen atoms in total. The molecule has 0 aliphatic carbocycles. The van der Waals surface area contributed by atoms with Crippen molar-refractivity contribution in [3.05, 3.63) is 0 Å². The van der Waals surface area contributed by atoms with Crippen LogP contribution < -0.4 is 0 Å². The summed E-state index contributed by atoms with van der Waals surface area (Å²) in [6.45, 7) is 0.208. The van der Waals surface area contributed by atoms with E-state index in [2.05, 4.69) is 0 Å². The standard InChI is InChI=1S/C10H18O4/c11-5-7-1-3-9(13-7)10-4-2-8(6-12)14-10/h7-12H,1-6H2/t7-,8-,9+,10+/m1/s1. The summed E-state index contributed by atoms with van der Waals surface area (Å²) in [5.74, 6) is 0. The minimum atomic E-state index is -0.00298. The lowest BCUT2D eigenvalue weighted by atomic mass is 10.1. The third-order valence-electron chi connectivity index (χ3n) is 3.10. The minimum absolute atomic E-state index is 0.00298. The fourth-order valence-corrected chi connectivity index (χ4v) is 2.28. The van der Waals surface area contributed by atoms with Crippen molar-refractivity contribution in [3.8, 4) is 0 Å². The van der Waals surface area contributed by atoms with E-state index >= 15 is 0 Å². The number of rotatable bonds is 3. The summed E-state index contributed by atoms with van der Waals surface area (Å²) in [7, 11) is 0. The maximum Gasteiger partial charge on any atom is 0.0842 e. The number of hydrogen-bond donors (Lipinski definition) is 2. The van der Waals surface area contributed by atoms with E-state index in [0.717, 1.165) is 25.7 Å². The molecular formula is C10H18O4. The molecule has 0 amide bonds. The lowest BCUT2D eigenvalue weighted by Crippen LogP contribution is -2.28. The molecule has 14 heavy (non-hydrogen) atoms. The van der Waals surface area contributed by atoms with E-state index in [1.807, 2.05) is 0 Å². The summed E-state index contributed by atoms with van der Waals surface area (Å²) >= 11 is 0. The van der Waals surface area contributed by atoms with Gasteiger partial charge in [-0.2, -0.15) is 0 Å². The van der Waals surface area contributed by atoms with Gasteiger partial charge in [-0.3, -0.25) is 0 Å². The molecule has 2 N–H and O–H groups in total. The van der Waals surface area contributed by atoms with Gasteiger partial charge in [0, 0.05) is 0 Å².